The maximum absolute atomic E-state index is 12.8. The van der Waals surface area contributed by atoms with E-state index in [0.717, 1.165) is 11.1 Å². The molecule has 1 N–H and O–H groups in total. The molecule has 34 heavy (non-hydrogen) atoms. The third-order valence-corrected chi connectivity index (χ3v) is 7.00. The van der Waals surface area contributed by atoms with E-state index in [-0.39, 0.29) is 36.0 Å². The summed E-state index contributed by atoms with van der Waals surface area (Å²) in [7, 11) is 0. The highest BCUT2D eigenvalue weighted by molar-refractivity contribution is 6.31. The fourth-order valence-corrected chi connectivity index (χ4v) is 4.92. The molecule has 1 saturated heterocycles. The Morgan fingerprint density at radius 2 is 1.76 bits per heavy atom. The van der Waals surface area contributed by atoms with Crippen LogP contribution >= 0.6 is 11.6 Å². The van der Waals surface area contributed by atoms with Crippen LogP contribution in [0.1, 0.15) is 71.9 Å². The summed E-state index contributed by atoms with van der Waals surface area (Å²) < 4.78 is 6.35. The molecule has 0 saturated carbocycles. The first-order valence-corrected chi connectivity index (χ1v) is 12.0. The standard InChI is InChI=1S/C27H31ClN2O4/c1-17-13-20(28)14-21-22(31)15-27(34-24(17)21)9-11-30(12-10-27)23(32)16-29-25(33)18-5-7-19(8-6-18)26(2,3)4/h5-8,13-14H,9-12,15-16H2,1-4H3,(H,29,33). The van der Waals surface area contributed by atoms with Crippen molar-refractivity contribution in [2.24, 2.45) is 0 Å². The van der Waals surface area contributed by atoms with E-state index in [0.29, 0.717) is 47.8 Å². The van der Waals surface area contributed by atoms with E-state index >= 15 is 0 Å². The lowest BCUT2D eigenvalue weighted by atomic mass is 9.82. The number of ether oxygens (including phenoxy) is 1. The lowest BCUT2D eigenvalue weighted by Gasteiger charge is -2.44. The summed E-state index contributed by atoms with van der Waals surface area (Å²) in [6.45, 7) is 9.13. The topological polar surface area (TPSA) is 75.7 Å². The van der Waals surface area contributed by atoms with Gasteiger partial charge >= 0.3 is 0 Å². The van der Waals surface area contributed by atoms with Crippen LogP contribution in [-0.2, 0) is 10.2 Å². The molecule has 0 unspecified atom stereocenters. The van der Waals surface area contributed by atoms with E-state index in [4.69, 9.17) is 16.3 Å². The van der Waals surface area contributed by atoms with Crippen molar-refractivity contribution in [1.82, 2.24) is 10.2 Å². The van der Waals surface area contributed by atoms with Crippen LogP contribution in [0.2, 0.25) is 5.02 Å². The molecule has 4 rings (SSSR count). The van der Waals surface area contributed by atoms with E-state index in [9.17, 15) is 14.4 Å². The molecule has 1 spiro atoms. The van der Waals surface area contributed by atoms with Gasteiger partial charge in [-0.1, -0.05) is 44.5 Å². The third-order valence-electron chi connectivity index (χ3n) is 6.78. The van der Waals surface area contributed by atoms with Crippen LogP contribution in [0.4, 0.5) is 0 Å². The number of carbonyl (C=O) groups excluding carboxylic acids is 3. The largest absolute Gasteiger partial charge is 0.486 e. The summed E-state index contributed by atoms with van der Waals surface area (Å²) in [5.74, 6) is 0.218. The molecule has 2 aliphatic rings. The maximum atomic E-state index is 12.8. The van der Waals surface area contributed by atoms with E-state index in [2.05, 4.69) is 26.1 Å². The average Bonchev–Trinajstić information content (AvgIpc) is 2.78. The summed E-state index contributed by atoms with van der Waals surface area (Å²) >= 11 is 6.11. The Bertz CT molecular complexity index is 1130. The third kappa shape index (κ3) is 4.97. The minimum Gasteiger partial charge on any atom is -0.486 e. The van der Waals surface area contributed by atoms with Gasteiger partial charge in [0.2, 0.25) is 5.91 Å². The molecule has 2 aliphatic heterocycles. The molecule has 180 valence electrons. The van der Waals surface area contributed by atoms with E-state index in [1.54, 1.807) is 29.2 Å². The second-order valence-electron chi connectivity index (χ2n) is 10.4. The van der Waals surface area contributed by atoms with Crippen LogP contribution < -0.4 is 10.1 Å². The SMILES string of the molecule is Cc1cc(Cl)cc2c1OC1(CCN(C(=O)CNC(=O)c3ccc(C(C)(C)C)cc3)CC1)CC2=O. The van der Waals surface area contributed by atoms with Crippen LogP contribution in [0.15, 0.2) is 36.4 Å². The number of likely N-dealkylation sites (tertiary alicyclic amines) is 1. The Balaban J connectivity index is 1.32. The number of nitrogens with zero attached hydrogens (tertiary/aromatic N) is 1. The van der Waals surface area contributed by atoms with Gasteiger partial charge < -0.3 is 15.0 Å². The lowest BCUT2D eigenvalue weighted by Crippen LogP contribution is -2.53. The Morgan fingerprint density at radius 3 is 2.38 bits per heavy atom. The fraction of sp³-hybridized carbons (Fsp3) is 0.444. The zero-order valence-corrected chi connectivity index (χ0v) is 20.9. The van der Waals surface area contributed by atoms with Crippen molar-refractivity contribution in [3.05, 3.63) is 63.7 Å². The van der Waals surface area contributed by atoms with Crippen molar-refractivity contribution >= 4 is 29.2 Å². The van der Waals surface area contributed by atoms with E-state index < -0.39 is 5.60 Å². The Morgan fingerprint density at radius 1 is 1.12 bits per heavy atom. The van der Waals surface area contributed by atoms with Crippen LogP contribution in [-0.4, -0.2) is 47.7 Å². The average molecular weight is 483 g/mol. The first-order chi connectivity index (χ1) is 16.0. The van der Waals surface area contributed by atoms with Gasteiger partial charge in [-0.25, -0.2) is 0 Å². The summed E-state index contributed by atoms with van der Waals surface area (Å²) in [6, 6.07) is 10.9. The molecule has 2 aromatic carbocycles. The van der Waals surface area contributed by atoms with E-state index in [1.165, 1.54) is 0 Å². The van der Waals surface area contributed by atoms with Gasteiger partial charge in [0.15, 0.2) is 5.78 Å². The smallest absolute Gasteiger partial charge is 0.251 e. The number of nitrogens with one attached hydrogen (secondary N) is 1. The highest BCUT2D eigenvalue weighted by Crippen LogP contribution is 2.42. The number of carbonyl (C=O) groups is 3. The van der Waals surface area contributed by atoms with E-state index in [1.807, 2.05) is 19.1 Å². The molecule has 6 nitrogen and oxygen atoms in total. The lowest BCUT2D eigenvalue weighted by molar-refractivity contribution is -0.133. The van der Waals surface area contributed by atoms with Crippen LogP contribution in [0.25, 0.3) is 0 Å². The number of hydrogen-bond donors (Lipinski definition) is 1. The zero-order valence-electron chi connectivity index (χ0n) is 20.2. The number of benzene rings is 2. The second-order valence-corrected chi connectivity index (χ2v) is 10.8. The van der Waals surface area contributed by atoms with Gasteiger partial charge in [-0.3, -0.25) is 14.4 Å². The molecule has 7 heteroatoms. The predicted octanol–water partition coefficient (Wildman–Crippen LogP) is 4.70. The van der Waals surface area contributed by atoms with Crippen LogP contribution in [0, 0.1) is 6.92 Å². The summed E-state index contributed by atoms with van der Waals surface area (Å²) in [6.07, 6.45) is 1.41. The monoisotopic (exact) mass is 482 g/mol. The number of ketones is 1. The molecule has 2 heterocycles. The molecule has 0 atom stereocenters. The van der Waals surface area contributed by atoms with Crippen molar-refractivity contribution in [3.63, 3.8) is 0 Å². The first kappa shape index (κ1) is 24.3. The second kappa shape index (κ2) is 9.06. The summed E-state index contributed by atoms with van der Waals surface area (Å²) in [5.41, 5.74) is 2.46. The predicted molar refractivity (Wildman–Crippen MR) is 132 cm³/mol. The fourth-order valence-electron chi connectivity index (χ4n) is 4.65. The Hall–Kier alpha value is -2.86. The number of piperidine rings is 1. The number of rotatable bonds is 3. The molecule has 2 aromatic rings. The molecular formula is C27H31ClN2O4. The van der Waals surface area contributed by atoms with Gasteiger partial charge in [-0.15, -0.1) is 0 Å². The number of amides is 2. The van der Waals surface area contributed by atoms with Gasteiger partial charge in [-0.2, -0.15) is 0 Å². The van der Waals surface area contributed by atoms with Crippen LogP contribution in [0.5, 0.6) is 5.75 Å². The highest BCUT2D eigenvalue weighted by atomic mass is 35.5. The quantitative estimate of drug-likeness (QED) is 0.687. The molecule has 0 radical (unpaired) electrons. The summed E-state index contributed by atoms with van der Waals surface area (Å²) in [4.78, 5) is 39.8. The number of fused-ring (bicyclic) bond motifs is 1. The van der Waals surface area contributed by atoms with Crippen LogP contribution in [0.3, 0.4) is 0 Å². The van der Waals surface area contributed by atoms with Gasteiger partial charge in [0.05, 0.1) is 18.5 Å². The molecule has 1 fully saturated rings. The molecule has 2 amide bonds. The number of halogens is 1. The Kier molecular flexibility index (Phi) is 6.47. The molecular weight excluding hydrogens is 452 g/mol. The molecule has 0 aliphatic carbocycles. The van der Waals surface area contributed by atoms with Crippen molar-refractivity contribution in [2.75, 3.05) is 19.6 Å². The minimum atomic E-state index is -0.600. The highest BCUT2D eigenvalue weighted by Gasteiger charge is 2.44. The zero-order chi connectivity index (χ0) is 24.7. The first-order valence-electron chi connectivity index (χ1n) is 11.7. The number of hydrogen-bond acceptors (Lipinski definition) is 4. The van der Waals surface area contributed by atoms with Crippen molar-refractivity contribution < 1.29 is 19.1 Å². The van der Waals surface area contributed by atoms with Gasteiger partial charge in [-0.05, 0) is 47.7 Å². The number of aryl methyl sites for hydroxylation is 1. The normalized spacial score (nSPS) is 17.2. The van der Waals surface area contributed by atoms with Gasteiger partial charge in [0, 0.05) is 36.5 Å². The molecule has 0 aromatic heterocycles. The van der Waals surface area contributed by atoms with Crippen molar-refractivity contribution in [3.8, 4) is 5.75 Å². The Labute approximate surface area is 205 Å². The maximum Gasteiger partial charge on any atom is 0.251 e. The molecule has 0 bridgehead atoms. The summed E-state index contributed by atoms with van der Waals surface area (Å²) in [5, 5.41) is 3.25. The van der Waals surface area contributed by atoms with Crippen molar-refractivity contribution in [2.45, 2.75) is 58.0 Å². The van der Waals surface area contributed by atoms with Gasteiger partial charge in [0.1, 0.15) is 11.4 Å². The van der Waals surface area contributed by atoms with Gasteiger partial charge in [0.25, 0.3) is 5.91 Å². The minimum absolute atomic E-state index is 0.0110. The number of Topliss-reactive ketones (excluding diaryl/α,β-unsaturated/α-hetero) is 1. The van der Waals surface area contributed by atoms with Crippen molar-refractivity contribution in [1.29, 1.82) is 0 Å².